The second kappa shape index (κ2) is 4.79. The molecule has 0 unspecified atom stereocenters. The molecule has 1 aliphatic rings. The lowest BCUT2D eigenvalue weighted by Crippen LogP contribution is -2.33. The Bertz CT molecular complexity index is 363. The van der Waals surface area contributed by atoms with E-state index in [9.17, 15) is 0 Å². The molecular weight excluding hydrogens is 264 g/mol. The van der Waals surface area contributed by atoms with Gasteiger partial charge in [0.2, 0.25) is 0 Å². The van der Waals surface area contributed by atoms with Crippen LogP contribution in [0.25, 0.3) is 0 Å². The second-order valence-corrected chi connectivity index (χ2v) is 5.54. The first kappa shape index (κ1) is 12.0. The van der Waals surface area contributed by atoms with Crippen LogP contribution in [-0.2, 0) is 6.42 Å². The van der Waals surface area contributed by atoms with Crippen LogP contribution in [0.4, 0.5) is 0 Å². The maximum absolute atomic E-state index is 5.44. The third kappa shape index (κ3) is 2.27. The molecule has 0 N–H and O–H groups in total. The molecule has 0 spiro atoms. The fourth-order valence-electron chi connectivity index (χ4n) is 2.48. The van der Waals surface area contributed by atoms with Crippen molar-refractivity contribution >= 4 is 15.9 Å². The number of hydrogen-bond acceptors (Lipinski definition) is 1. The zero-order valence-corrected chi connectivity index (χ0v) is 11.6. The standard InChI is InChI=1S/C14H19BrO/c1-11-4-5-13(16-2)12(8-11)9-14(10-15)6-3-7-14/h4-5,8H,3,6-7,9-10H2,1-2H3. The van der Waals surface area contributed by atoms with Gasteiger partial charge in [-0.05, 0) is 43.2 Å². The predicted molar refractivity (Wildman–Crippen MR) is 71.5 cm³/mol. The van der Waals surface area contributed by atoms with Crippen molar-refractivity contribution < 1.29 is 4.74 Å². The highest BCUT2D eigenvalue weighted by Crippen LogP contribution is 2.46. The number of hydrogen-bond donors (Lipinski definition) is 0. The van der Waals surface area contributed by atoms with Crippen molar-refractivity contribution in [2.75, 3.05) is 12.4 Å². The van der Waals surface area contributed by atoms with Gasteiger partial charge in [-0.3, -0.25) is 0 Å². The number of alkyl halides is 1. The Hall–Kier alpha value is -0.500. The van der Waals surface area contributed by atoms with Crippen LogP contribution in [0.5, 0.6) is 5.75 Å². The van der Waals surface area contributed by atoms with Crippen LogP contribution >= 0.6 is 15.9 Å². The lowest BCUT2D eigenvalue weighted by atomic mass is 9.67. The van der Waals surface area contributed by atoms with Gasteiger partial charge in [-0.25, -0.2) is 0 Å². The first-order valence-corrected chi connectivity index (χ1v) is 7.01. The molecule has 0 bridgehead atoms. The molecule has 1 aromatic carbocycles. The van der Waals surface area contributed by atoms with E-state index in [1.54, 1.807) is 7.11 Å². The maximum atomic E-state index is 5.44. The number of rotatable bonds is 4. The average molecular weight is 283 g/mol. The lowest BCUT2D eigenvalue weighted by Gasteiger charge is -2.41. The van der Waals surface area contributed by atoms with Crippen LogP contribution in [0.1, 0.15) is 30.4 Å². The molecular formula is C14H19BrO. The molecule has 1 saturated carbocycles. The van der Waals surface area contributed by atoms with E-state index in [0.717, 1.165) is 17.5 Å². The topological polar surface area (TPSA) is 9.23 Å². The quantitative estimate of drug-likeness (QED) is 0.755. The van der Waals surface area contributed by atoms with Crippen molar-refractivity contribution in [1.82, 2.24) is 0 Å². The van der Waals surface area contributed by atoms with Gasteiger partial charge in [-0.15, -0.1) is 0 Å². The molecule has 1 nitrogen and oxygen atoms in total. The minimum atomic E-state index is 0.487. The third-order valence-corrected chi connectivity index (χ3v) is 4.89. The van der Waals surface area contributed by atoms with Gasteiger partial charge in [0, 0.05) is 5.33 Å². The van der Waals surface area contributed by atoms with E-state index in [0.29, 0.717) is 5.41 Å². The van der Waals surface area contributed by atoms with Gasteiger partial charge in [0.25, 0.3) is 0 Å². The van der Waals surface area contributed by atoms with Crippen LogP contribution in [-0.4, -0.2) is 12.4 Å². The summed E-state index contributed by atoms with van der Waals surface area (Å²) in [6.45, 7) is 2.14. The summed E-state index contributed by atoms with van der Waals surface area (Å²) in [4.78, 5) is 0. The molecule has 0 aromatic heterocycles. The average Bonchev–Trinajstić information content (AvgIpc) is 2.24. The molecule has 2 heteroatoms. The minimum Gasteiger partial charge on any atom is -0.496 e. The summed E-state index contributed by atoms with van der Waals surface area (Å²) < 4.78 is 5.44. The highest BCUT2D eigenvalue weighted by Gasteiger charge is 2.36. The van der Waals surface area contributed by atoms with Crippen LogP contribution < -0.4 is 4.74 Å². The largest absolute Gasteiger partial charge is 0.496 e. The van der Waals surface area contributed by atoms with Gasteiger partial charge >= 0.3 is 0 Å². The first-order chi connectivity index (χ1) is 7.69. The van der Waals surface area contributed by atoms with E-state index in [-0.39, 0.29) is 0 Å². The van der Waals surface area contributed by atoms with Crippen molar-refractivity contribution in [2.24, 2.45) is 5.41 Å². The van der Waals surface area contributed by atoms with Crippen molar-refractivity contribution in [3.8, 4) is 5.75 Å². The fraction of sp³-hybridized carbons (Fsp3) is 0.571. The molecule has 2 rings (SSSR count). The highest BCUT2D eigenvalue weighted by atomic mass is 79.9. The lowest BCUT2D eigenvalue weighted by molar-refractivity contribution is 0.168. The summed E-state index contributed by atoms with van der Waals surface area (Å²) in [5.74, 6) is 1.04. The maximum Gasteiger partial charge on any atom is 0.122 e. The van der Waals surface area contributed by atoms with Gasteiger partial charge in [-0.2, -0.15) is 0 Å². The second-order valence-electron chi connectivity index (χ2n) is 4.98. The SMILES string of the molecule is COc1ccc(C)cc1CC1(CBr)CCC1. The Morgan fingerprint density at radius 3 is 2.62 bits per heavy atom. The summed E-state index contributed by atoms with van der Waals surface area (Å²) in [6, 6.07) is 6.47. The van der Waals surface area contributed by atoms with Gasteiger partial charge < -0.3 is 4.74 Å². The third-order valence-electron chi connectivity index (χ3n) is 3.70. The summed E-state index contributed by atoms with van der Waals surface area (Å²) >= 11 is 3.67. The van der Waals surface area contributed by atoms with E-state index < -0.39 is 0 Å². The van der Waals surface area contributed by atoms with Crippen LogP contribution in [0, 0.1) is 12.3 Å². The van der Waals surface area contributed by atoms with E-state index in [1.807, 2.05) is 0 Å². The first-order valence-electron chi connectivity index (χ1n) is 5.89. The Morgan fingerprint density at radius 2 is 2.12 bits per heavy atom. The van der Waals surface area contributed by atoms with E-state index >= 15 is 0 Å². The Morgan fingerprint density at radius 1 is 1.38 bits per heavy atom. The normalized spacial score (nSPS) is 17.9. The van der Waals surface area contributed by atoms with Gasteiger partial charge in [0.05, 0.1) is 7.11 Å². The van der Waals surface area contributed by atoms with Crippen LogP contribution in [0.15, 0.2) is 18.2 Å². The molecule has 0 aliphatic heterocycles. The van der Waals surface area contributed by atoms with Gasteiger partial charge in [0.1, 0.15) is 5.75 Å². The van der Waals surface area contributed by atoms with E-state index in [1.165, 1.54) is 30.4 Å². The van der Waals surface area contributed by atoms with Crippen molar-refractivity contribution in [2.45, 2.75) is 32.6 Å². The minimum absolute atomic E-state index is 0.487. The molecule has 1 aromatic rings. The molecule has 88 valence electrons. The highest BCUT2D eigenvalue weighted by molar-refractivity contribution is 9.09. The van der Waals surface area contributed by atoms with Gasteiger partial charge in [0.15, 0.2) is 0 Å². The molecule has 0 amide bonds. The zero-order chi connectivity index (χ0) is 11.6. The Labute approximate surface area is 106 Å². The number of halogens is 1. The predicted octanol–water partition coefficient (Wildman–Crippen LogP) is 4.11. The van der Waals surface area contributed by atoms with E-state index in [2.05, 4.69) is 41.1 Å². The van der Waals surface area contributed by atoms with Crippen LogP contribution in [0.3, 0.4) is 0 Å². The van der Waals surface area contributed by atoms with E-state index in [4.69, 9.17) is 4.74 Å². The molecule has 0 heterocycles. The van der Waals surface area contributed by atoms with Crippen molar-refractivity contribution in [3.05, 3.63) is 29.3 Å². The van der Waals surface area contributed by atoms with Gasteiger partial charge in [-0.1, -0.05) is 40.0 Å². The zero-order valence-electron chi connectivity index (χ0n) is 10.1. The summed E-state index contributed by atoms with van der Waals surface area (Å²) in [7, 11) is 1.76. The summed E-state index contributed by atoms with van der Waals surface area (Å²) in [6.07, 6.45) is 5.20. The number of ether oxygens (including phenoxy) is 1. The molecule has 16 heavy (non-hydrogen) atoms. The molecule has 0 saturated heterocycles. The monoisotopic (exact) mass is 282 g/mol. The Kier molecular flexibility index (Phi) is 3.58. The summed E-state index contributed by atoms with van der Waals surface area (Å²) in [5.41, 5.74) is 3.17. The molecule has 1 aliphatic carbocycles. The summed E-state index contributed by atoms with van der Waals surface area (Å²) in [5, 5.41) is 1.11. The number of methoxy groups -OCH3 is 1. The number of benzene rings is 1. The fourth-order valence-corrected chi connectivity index (χ4v) is 3.24. The molecule has 1 fully saturated rings. The molecule has 0 radical (unpaired) electrons. The van der Waals surface area contributed by atoms with Crippen molar-refractivity contribution in [1.29, 1.82) is 0 Å². The van der Waals surface area contributed by atoms with Crippen molar-refractivity contribution in [3.63, 3.8) is 0 Å². The Balaban J connectivity index is 2.22. The molecule has 0 atom stereocenters. The number of aryl methyl sites for hydroxylation is 1. The van der Waals surface area contributed by atoms with Crippen LogP contribution in [0.2, 0.25) is 0 Å². The smallest absolute Gasteiger partial charge is 0.122 e.